The first-order valence-corrected chi connectivity index (χ1v) is 5.00. The highest BCUT2D eigenvalue weighted by molar-refractivity contribution is 5.42. The molecule has 0 aliphatic heterocycles. The minimum atomic E-state index is -4.34. The fourth-order valence-electron chi connectivity index (χ4n) is 1.65. The molecule has 2 rings (SSSR count). The van der Waals surface area contributed by atoms with Gasteiger partial charge in [0.15, 0.2) is 0 Å². The van der Waals surface area contributed by atoms with E-state index < -0.39 is 11.7 Å². The van der Waals surface area contributed by atoms with Crippen molar-refractivity contribution in [2.45, 2.75) is 20.0 Å². The van der Waals surface area contributed by atoms with Crippen molar-refractivity contribution in [3.8, 4) is 5.69 Å². The molecule has 0 atom stereocenters. The SMILES string of the molecule is Cc1ccc(-n2c[c]nc2C)cc1C(F)(F)F. The smallest absolute Gasteiger partial charge is 0.303 e. The number of hydrogen-bond acceptors (Lipinski definition) is 1. The first-order valence-electron chi connectivity index (χ1n) is 5.00. The first kappa shape index (κ1) is 11.7. The Morgan fingerprint density at radius 2 is 1.94 bits per heavy atom. The van der Waals surface area contributed by atoms with Gasteiger partial charge in [0.05, 0.1) is 5.56 Å². The quantitative estimate of drug-likeness (QED) is 0.746. The predicted molar refractivity (Wildman–Crippen MR) is 56.9 cm³/mol. The lowest BCUT2D eigenvalue weighted by molar-refractivity contribution is -0.138. The van der Waals surface area contributed by atoms with E-state index in [0.717, 1.165) is 6.07 Å². The highest BCUT2D eigenvalue weighted by atomic mass is 19.4. The predicted octanol–water partition coefficient (Wildman–Crippen LogP) is 3.31. The number of halogens is 3. The van der Waals surface area contributed by atoms with Crippen LogP contribution >= 0.6 is 0 Å². The third-order valence-electron chi connectivity index (χ3n) is 2.57. The topological polar surface area (TPSA) is 17.8 Å². The molecule has 1 radical (unpaired) electrons. The molecule has 5 heteroatoms. The van der Waals surface area contributed by atoms with E-state index in [9.17, 15) is 13.2 Å². The zero-order chi connectivity index (χ0) is 12.6. The molecule has 0 aliphatic rings. The van der Waals surface area contributed by atoms with E-state index in [1.807, 2.05) is 0 Å². The van der Waals surface area contributed by atoms with Gasteiger partial charge in [0.2, 0.25) is 0 Å². The van der Waals surface area contributed by atoms with Gasteiger partial charge in [-0.3, -0.25) is 0 Å². The van der Waals surface area contributed by atoms with Gasteiger partial charge in [0.1, 0.15) is 12.0 Å². The molecule has 2 nitrogen and oxygen atoms in total. The van der Waals surface area contributed by atoms with E-state index >= 15 is 0 Å². The fourth-order valence-corrected chi connectivity index (χ4v) is 1.65. The summed E-state index contributed by atoms with van der Waals surface area (Å²) in [6.07, 6.45) is -0.220. The number of hydrogen-bond donors (Lipinski definition) is 0. The molecule has 0 saturated heterocycles. The third kappa shape index (κ3) is 2.18. The lowest BCUT2D eigenvalue weighted by atomic mass is 10.1. The molecule has 0 spiro atoms. The molecule has 0 N–H and O–H groups in total. The maximum absolute atomic E-state index is 12.7. The molecule has 2 aromatic rings. The molecular formula is C12H10F3N2. The second kappa shape index (κ2) is 3.91. The van der Waals surface area contributed by atoms with Gasteiger partial charge in [0, 0.05) is 11.9 Å². The number of imidazole rings is 1. The van der Waals surface area contributed by atoms with Crippen molar-refractivity contribution in [2.75, 3.05) is 0 Å². The Morgan fingerprint density at radius 3 is 2.47 bits per heavy atom. The van der Waals surface area contributed by atoms with Crippen molar-refractivity contribution in [3.63, 3.8) is 0 Å². The third-order valence-corrected chi connectivity index (χ3v) is 2.57. The van der Waals surface area contributed by atoms with Crippen LogP contribution < -0.4 is 0 Å². The summed E-state index contributed by atoms with van der Waals surface area (Å²) in [6, 6.07) is 4.21. The molecule has 0 saturated carbocycles. The van der Waals surface area contributed by atoms with E-state index in [1.165, 1.54) is 19.2 Å². The van der Waals surface area contributed by atoms with Gasteiger partial charge in [-0.2, -0.15) is 13.2 Å². The minimum absolute atomic E-state index is 0.211. The van der Waals surface area contributed by atoms with Gasteiger partial charge < -0.3 is 4.57 Å². The van der Waals surface area contributed by atoms with Gasteiger partial charge in [0.25, 0.3) is 0 Å². The van der Waals surface area contributed by atoms with Crippen LogP contribution in [0.3, 0.4) is 0 Å². The Hall–Kier alpha value is -1.78. The second-order valence-electron chi connectivity index (χ2n) is 3.78. The standard InChI is InChI=1S/C12H10F3N2/c1-8-3-4-10(7-11(8)12(13,14)15)17-6-5-16-9(17)2/h3-4,6-7H,1-2H3. The molecule has 0 amide bonds. The summed E-state index contributed by atoms with van der Waals surface area (Å²) in [5.41, 5.74) is 0.0280. The Balaban J connectivity index is 2.56. The van der Waals surface area contributed by atoms with E-state index in [1.54, 1.807) is 17.6 Å². The second-order valence-corrected chi connectivity index (χ2v) is 3.78. The molecule has 0 fully saturated rings. The number of nitrogens with zero attached hydrogens (tertiary/aromatic N) is 2. The summed E-state index contributed by atoms with van der Waals surface area (Å²) < 4.78 is 39.8. The van der Waals surface area contributed by atoms with Crippen molar-refractivity contribution in [1.82, 2.24) is 9.55 Å². The number of aryl methyl sites for hydroxylation is 2. The van der Waals surface area contributed by atoms with Gasteiger partial charge in [-0.1, -0.05) is 6.07 Å². The van der Waals surface area contributed by atoms with Crippen LogP contribution in [-0.2, 0) is 6.18 Å². The summed E-state index contributed by atoms with van der Waals surface area (Å²) in [5.74, 6) is 0.599. The minimum Gasteiger partial charge on any atom is -0.303 e. The van der Waals surface area contributed by atoms with E-state index in [0.29, 0.717) is 11.5 Å². The van der Waals surface area contributed by atoms with Crippen LogP contribution in [-0.4, -0.2) is 9.55 Å². The van der Waals surface area contributed by atoms with Crippen LogP contribution in [0, 0.1) is 20.0 Å². The van der Waals surface area contributed by atoms with Crippen LogP contribution in [0.15, 0.2) is 24.4 Å². The van der Waals surface area contributed by atoms with Crippen molar-refractivity contribution in [1.29, 1.82) is 0 Å². The monoisotopic (exact) mass is 239 g/mol. The Bertz CT molecular complexity index is 541. The van der Waals surface area contributed by atoms with Crippen LogP contribution in [0.25, 0.3) is 5.69 Å². The Kier molecular flexibility index (Phi) is 2.69. The van der Waals surface area contributed by atoms with Crippen LogP contribution in [0.1, 0.15) is 17.0 Å². The normalized spacial score (nSPS) is 11.8. The van der Waals surface area contributed by atoms with Gasteiger partial charge in [-0.15, -0.1) is 0 Å². The van der Waals surface area contributed by atoms with Gasteiger partial charge in [-0.05, 0) is 31.5 Å². The summed E-state index contributed by atoms with van der Waals surface area (Å²) in [6.45, 7) is 3.16. The van der Waals surface area contributed by atoms with Gasteiger partial charge >= 0.3 is 6.18 Å². The maximum atomic E-state index is 12.7. The highest BCUT2D eigenvalue weighted by Gasteiger charge is 2.32. The van der Waals surface area contributed by atoms with Crippen molar-refractivity contribution < 1.29 is 13.2 Å². The van der Waals surface area contributed by atoms with Crippen molar-refractivity contribution in [3.05, 3.63) is 47.5 Å². The van der Waals surface area contributed by atoms with Crippen LogP contribution in [0.2, 0.25) is 0 Å². The van der Waals surface area contributed by atoms with E-state index in [2.05, 4.69) is 11.2 Å². The highest BCUT2D eigenvalue weighted by Crippen LogP contribution is 2.33. The average molecular weight is 239 g/mol. The van der Waals surface area contributed by atoms with Gasteiger partial charge in [-0.25, -0.2) is 4.98 Å². The lowest BCUT2D eigenvalue weighted by Crippen LogP contribution is -2.09. The Labute approximate surface area is 96.7 Å². The number of rotatable bonds is 1. The number of benzene rings is 1. The maximum Gasteiger partial charge on any atom is 0.416 e. The number of aromatic nitrogens is 2. The van der Waals surface area contributed by atoms with Crippen molar-refractivity contribution >= 4 is 0 Å². The molecule has 1 aromatic carbocycles. The number of alkyl halides is 3. The van der Waals surface area contributed by atoms with Crippen LogP contribution in [0.4, 0.5) is 13.2 Å². The molecular weight excluding hydrogens is 229 g/mol. The molecule has 17 heavy (non-hydrogen) atoms. The molecule has 0 unspecified atom stereocenters. The van der Waals surface area contributed by atoms with Crippen molar-refractivity contribution in [2.24, 2.45) is 0 Å². The zero-order valence-corrected chi connectivity index (χ0v) is 9.34. The van der Waals surface area contributed by atoms with E-state index in [-0.39, 0.29) is 5.56 Å². The fraction of sp³-hybridized carbons (Fsp3) is 0.250. The van der Waals surface area contributed by atoms with E-state index in [4.69, 9.17) is 0 Å². The summed E-state index contributed by atoms with van der Waals surface area (Å²) in [5, 5.41) is 0. The zero-order valence-electron chi connectivity index (χ0n) is 9.34. The summed E-state index contributed by atoms with van der Waals surface area (Å²) in [7, 11) is 0. The van der Waals surface area contributed by atoms with Crippen LogP contribution in [0.5, 0.6) is 0 Å². The largest absolute Gasteiger partial charge is 0.416 e. The molecule has 89 valence electrons. The lowest BCUT2D eigenvalue weighted by Gasteiger charge is -2.13. The summed E-state index contributed by atoms with van der Waals surface area (Å²) >= 11 is 0. The molecule has 1 aromatic heterocycles. The Morgan fingerprint density at radius 1 is 1.24 bits per heavy atom. The molecule has 0 bridgehead atoms. The average Bonchev–Trinajstić information content (AvgIpc) is 2.63. The summed E-state index contributed by atoms with van der Waals surface area (Å²) in [4.78, 5) is 3.86. The first-order chi connectivity index (χ1) is 7.89. The molecule has 1 heterocycles. The molecule has 0 aliphatic carbocycles.